The number of carboxylic acids is 1. The minimum Gasteiger partial charge on any atom is -0.491 e. The van der Waals surface area contributed by atoms with E-state index >= 15 is 0 Å². The van der Waals surface area contributed by atoms with E-state index in [9.17, 15) is 14.7 Å². The molecular weight excluding hydrogens is 358 g/mol. The van der Waals surface area contributed by atoms with Gasteiger partial charge >= 0.3 is 11.9 Å². The second-order valence-electron chi connectivity index (χ2n) is 5.96. The van der Waals surface area contributed by atoms with Gasteiger partial charge in [-0.15, -0.1) is 0 Å². The Kier molecular flexibility index (Phi) is 5.44. The summed E-state index contributed by atoms with van der Waals surface area (Å²) in [7, 11) is 1.32. The van der Waals surface area contributed by atoms with Gasteiger partial charge in [-0.25, -0.2) is 9.59 Å². The van der Waals surface area contributed by atoms with Gasteiger partial charge in [-0.3, -0.25) is 4.90 Å². The number of hydrogen-bond acceptors (Lipinski definition) is 5. The van der Waals surface area contributed by atoms with Gasteiger partial charge in [0.1, 0.15) is 17.9 Å². The number of halogens is 1. The first kappa shape index (κ1) is 18.2. The van der Waals surface area contributed by atoms with Gasteiger partial charge in [0, 0.05) is 30.2 Å². The van der Waals surface area contributed by atoms with Crippen LogP contribution in [0.5, 0.6) is 5.75 Å². The van der Waals surface area contributed by atoms with Crippen LogP contribution < -0.4 is 4.74 Å². The number of rotatable bonds is 4. The van der Waals surface area contributed by atoms with Crippen LogP contribution >= 0.6 is 11.6 Å². The third-order valence-corrected chi connectivity index (χ3v) is 4.59. The summed E-state index contributed by atoms with van der Waals surface area (Å²) < 4.78 is 10.4. The summed E-state index contributed by atoms with van der Waals surface area (Å²) >= 11 is 6.31. The van der Waals surface area contributed by atoms with Crippen molar-refractivity contribution in [2.24, 2.45) is 0 Å². The lowest BCUT2D eigenvalue weighted by atomic mass is 10.1. The Balaban J connectivity index is 1.80. The zero-order valence-corrected chi connectivity index (χ0v) is 15.0. The van der Waals surface area contributed by atoms with E-state index in [-0.39, 0.29) is 5.56 Å². The van der Waals surface area contributed by atoms with E-state index in [1.165, 1.54) is 7.11 Å². The number of fused-ring (bicyclic) bond motifs is 1. The molecule has 1 N–H and O–H groups in total. The first-order valence-electron chi connectivity index (χ1n) is 8.06. The average molecular weight is 376 g/mol. The first-order valence-corrected chi connectivity index (χ1v) is 8.44. The standard InChI is InChI=1S/C19H18ClNO5/c1-25-19(24)12-5-6-13(16(20)9-12)10-21-7-8-26-17-14(11-21)3-2-4-15(17)18(22)23/h2-6,9H,7-8,10-11H2,1H3,(H,22,23). The van der Waals surface area contributed by atoms with E-state index in [4.69, 9.17) is 21.1 Å². The van der Waals surface area contributed by atoms with Gasteiger partial charge in [-0.1, -0.05) is 29.8 Å². The van der Waals surface area contributed by atoms with E-state index in [2.05, 4.69) is 4.90 Å². The number of carbonyl (C=O) groups is 2. The molecule has 1 heterocycles. The van der Waals surface area contributed by atoms with Gasteiger partial charge in [0.2, 0.25) is 0 Å². The predicted octanol–water partition coefficient (Wildman–Crippen LogP) is 3.22. The van der Waals surface area contributed by atoms with Gasteiger partial charge in [-0.2, -0.15) is 0 Å². The molecule has 1 aliphatic rings. The highest BCUT2D eigenvalue weighted by molar-refractivity contribution is 6.31. The maximum atomic E-state index is 11.6. The van der Waals surface area contributed by atoms with Crippen molar-refractivity contribution in [3.63, 3.8) is 0 Å². The van der Waals surface area contributed by atoms with Crippen molar-refractivity contribution in [2.45, 2.75) is 13.1 Å². The number of hydrogen-bond donors (Lipinski definition) is 1. The number of carbonyl (C=O) groups excluding carboxylic acids is 1. The summed E-state index contributed by atoms with van der Waals surface area (Å²) in [5.74, 6) is -1.01. The molecule has 0 bridgehead atoms. The molecule has 0 atom stereocenters. The highest BCUT2D eigenvalue weighted by Crippen LogP contribution is 2.29. The van der Waals surface area contributed by atoms with E-state index in [0.717, 1.165) is 11.1 Å². The molecule has 0 aliphatic carbocycles. The van der Waals surface area contributed by atoms with Crippen LogP contribution in [-0.2, 0) is 17.8 Å². The molecular formula is C19H18ClNO5. The van der Waals surface area contributed by atoms with Crippen LogP contribution in [0.3, 0.4) is 0 Å². The molecule has 2 aromatic rings. The van der Waals surface area contributed by atoms with Crippen LogP contribution in [0.25, 0.3) is 0 Å². The van der Waals surface area contributed by atoms with E-state index < -0.39 is 11.9 Å². The largest absolute Gasteiger partial charge is 0.491 e. The number of para-hydroxylation sites is 1. The molecule has 26 heavy (non-hydrogen) atoms. The maximum absolute atomic E-state index is 11.6. The number of carboxylic acid groups (broad SMARTS) is 1. The van der Waals surface area contributed by atoms with Gasteiger partial charge in [0.05, 0.1) is 12.7 Å². The van der Waals surface area contributed by atoms with Crippen molar-refractivity contribution in [3.05, 3.63) is 63.7 Å². The Hall–Kier alpha value is -2.57. The third kappa shape index (κ3) is 3.81. The zero-order valence-electron chi connectivity index (χ0n) is 14.2. The highest BCUT2D eigenvalue weighted by atomic mass is 35.5. The van der Waals surface area contributed by atoms with E-state index in [1.54, 1.807) is 30.3 Å². The summed E-state index contributed by atoms with van der Waals surface area (Å²) in [5, 5.41) is 9.80. The van der Waals surface area contributed by atoms with Crippen LogP contribution in [0.2, 0.25) is 5.02 Å². The topological polar surface area (TPSA) is 76.1 Å². The first-order chi connectivity index (χ1) is 12.5. The lowest BCUT2D eigenvalue weighted by Crippen LogP contribution is -2.25. The maximum Gasteiger partial charge on any atom is 0.339 e. The SMILES string of the molecule is COC(=O)c1ccc(CN2CCOc3c(cccc3C(=O)O)C2)c(Cl)c1. The van der Waals surface area contributed by atoms with Crippen molar-refractivity contribution in [1.29, 1.82) is 0 Å². The van der Waals surface area contributed by atoms with E-state index in [0.29, 0.717) is 42.6 Å². The van der Waals surface area contributed by atoms with Gasteiger partial charge in [-0.05, 0) is 23.8 Å². The minimum absolute atomic E-state index is 0.171. The molecule has 0 unspecified atom stereocenters. The van der Waals surface area contributed by atoms with Gasteiger partial charge in [0.15, 0.2) is 0 Å². The number of methoxy groups -OCH3 is 1. The molecule has 0 saturated carbocycles. The zero-order chi connectivity index (χ0) is 18.7. The Morgan fingerprint density at radius 3 is 2.81 bits per heavy atom. The normalized spacial score (nSPS) is 14.1. The molecule has 0 radical (unpaired) electrons. The van der Waals surface area contributed by atoms with Crippen LogP contribution in [0.4, 0.5) is 0 Å². The summed E-state index contributed by atoms with van der Waals surface area (Å²) in [6.45, 7) is 2.11. The second-order valence-corrected chi connectivity index (χ2v) is 6.36. The van der Waals surface area contributed by atoms with Crippen LogP contribution in [0, 0.1) is 0 Å². The van der Waals surface area contributed by atoms with Crippen molar-refractivity contribution in [2.75, 3.05) is 20.3 Å². The van der Waals surface area contributed by atoms with Gasteiger partial charge < -0.3 is 14.6 Å². The number of benzene rings is 2. The fourth-order valence-electron chi connectivity index (χ4n) is 2.94. The van der Waals surface area contributed by atoms with Crippen LogP contribution in [-0.4, -0.2) is 42.2 Å². The molecule has 2 aromatic carbocycles. The minimum atomic E-state index is -1.00. The summed E-state index contributed by atoms with van der Waals surface area (Å²) in [5.41, 5.74) is 2.27. The van der Waals surface area contributed by atoms with Crippen molar-refractivity contribution in [1.82, 2.24) is 4.90 Å². The molecule has 0 fully saturated rings. The van der Waals surface area contributed by atoms with Crippen molar-refractivity contribution < 1.29 is 24.2 Å². The smallest absolute Gasteiger partial charge is 0.339 e. The van der Waals surface area contributed by atoms with Crippen LogP contribution in [0.1, 0.15) is 31.8 Å². The summed E-state index contributed by atoms with van der Waals surface area (Å²) in [4.78, 5) is 25.1. The number of aromatic carboxylic acids is 1. The van der Waals surface area contributed by atoms with Gasteiger partial charge in [0.25, 0.3) is 0 Å². The Bertz CT molecular complexity index is 852. The third-order valence-electron chi connectivity index (χ3n) is 4.24. The van der Waals surface area contributed by atoms with Crippen LogP contribution in [0.15, 0.2) is 36.4 Å². The van der Waals surface area contributed by atoms with Crippen molar-refractivity contribution >= 4 is 23.5 Å². The Labute approximate surface area is 155 Å². The lowest BCUT2D eigenvalue weighted by molar-refractivity contribution is 0.0599. The quantitative estimate of drug-likeness (QED) is 0.827. The van der Waals surface area contributed by atoms with Crippen molar-refractivity contribution in [3.8, 4) is 5.75 Å². The highest BCUT2D eigenvalue weighted by Gasteiger charge is 2.21. The summed E-state index contributed by atoms with van der Waals surface area (Å²) in [6.07, 6.45) is 0. The molecule has 1 aliphatic heterocycles. The predicted molar refractivity (Wildman–Crippen MR) is 95.8 cm³/mol. The molecule has 0 aromatic heterocycles. The monoisotopic (exact) mass is 375 g/mol. The fraction of sp³-hybridized carbons (Fsp3) is 0.263. The molecule has 0 spiro atoms. The Morgan fingerprint density at radius 1 is 1.31 bits per heavy atom. The second kappa shape index (κ2) is 7.76. The molecule has 0 saturated heterocycles. The average Bonchev–Trinajstić information content (AvgIpc) is 2.84. The number of nitrogens with zero attached hydrogens (tertiary/aromatic N) is 1. The molecule has 3 rings (SSSR count). The molecule has 0 amide bonds. The van der Waals surface area contributed by atoms with E-state index in [1.807, 2.05) is 6.07 Å². The Morgan fingerprint density at radius 2 is 2.12 bits per heavy atom. The molecule has 136 valence electrons. The lowest BCUT2D eigenvalue weighted by Gasteiger charge is -2.20. The summed E-state index contributed by atoms with van der Waals surface area (Å²) in [6, 6.07) is 10.2. The number of esters is 1. The fourth-order valence-corrected chi connectivity index (χ4v) is 3.18. The molecule has 7 heteroatoms. The molecule has 6 nitrogen and oxygen atoms in total. The number of ether oxygens (including phenoxy) is 2.